The number of rotatable bonds is 7. The quantitative estimate of drug-likeness (QED) is 0.526. The van der Waals surface area contributed by atoms with Gasteiger partial charge >= 0.3 is 12.2 Å². The Bertz CT molecular complexity index is 926. The van der Waals surface area contributed by atoms with Crippen molar-refractivity contribution in [2.75, 3.05) is 5.32 Å². The third kappa shape index (κ3) is 5.94. The van der Waals surface area contributed by atoms with Gasteiger partial charge < -0.3 is 10.1 Å². The third-order valence-electron chi connectivity index (χ3n) is 4.14. The van der Waals surface area contributed by atoms with Crippen molar-refractivity contribution in [2.24, 2.45) is 5.92 Å². The molecule has 4 nitrogen and oxygen atoms in total. The third-order valence-corrected chi connectivity index (χ3v) is 4.14. The van der Waals surface area contributed by atoms with Crippen LogP contribution < -0.4 is 10.1 Å². The Morgan fingerprint density at radius 2 is 1.66 bits per heavy atom. The number of aromatic nitrogens is 2. The van der Waals surface area contributed by atoms with Crippen LogP contribution in [0.5, 0.6) is 6.01 Å². The molecule has 0 fully saturated rings. The van der Waals surface area contributed by atoms with Crippen molar-refractivity contribution < 1.29 is 17.9 Å². The number of nitrogens with one attached hydrogen (secondary N) is 1. The molecule has 0 unspecified atom stereocenters. The molecule has 0 radical (unpaired) electrons. The lowest BCUT2D eigenvalue weighted by Gasteiger charge is -2.15. The molecule has 1 N–H and O–H groups in total. The van der Waals surface area contributed by atoms with Gasteiger partial charge in [0.2, 0.25) is 0 Å². The Hall–Kier alpha value is -3.09. The summed E-state index contributed by atoms with van der Waals surface area (Å²) in [6.45, 7) is 4.38. The Morgan fingerprint density at radius 3 is 2.28 bits per heavy atom. The molecule has 0 atom stereocenters. The van der Waals surface area contributed by atoms with Crippen LogP contribution in [0.2, 0.25) is 0 Å². The molecule has 1 aromatic heterocycles. The van der Waals surface area contributed by atoms with E-state index < -0.39 is 11.7 Å². The van der Waals surface area contributed by atoms with Crippen LogP contribution in [-0.4, -0.2) is 9.97 Å². The highest BCUT2D eigenvalue weighted by Gasteiger charge is 2.35. The van der Waals surface area contributed by atoms with Crippen LogP contribution in [0.25, 0.3) is 0 Å². The summed E-state index contributed by atoms with van der Waals surface area (Å²) < 4.78 is 45.6. The second kappa shape index (κ2) is 8.94. The van der Waals surface area contributed by atoms with E-state index >= 15 is 0 Å². The van der Waals surface area contributed by atoms with Crippen LogP contribution in [0.1, 0.15) is 30.5 Å². The Balaban J connectivity index is 1.80. The van der Waals surface area contributed by atoms with E-state index in [0.29, 0.717) is 11.6 Å². The molecule has 29 heavy (non-hydrogen) atoms. The van der Waals surface area contributed by atoms with E-state index in [1.165, 1.54) is 0 Å². The molecule has 7 heteroatoms. The van der Waals surface area contributed by atoms with Gasteiger partial charge in [0.15, 0.2) is 0 Å². The molecule has 0 aliphatic carbocycles. The molecule has 0 spiro atoms. The average molecular weight is 401 g/mol. The fraction of sp³-hybridized carbons (Fsp3) is 0.273. The highest BCUT2D eigenvalue weighted by Crippen LogP contribution is 2.35. The van der Waals surface area contributed by atoms with Crippen molar-refractivity contribution in [3.05, 3.63) is 77.5 Å². The number of anilines is 2. The van der Waals surface area contributed by atoms with Gasteiger partial charge in [-0.2, -0.15) is 18.2 Å². The summed E-state index contributed by atoms with van der Waals surface area (Å²) in [6.07, 6.45) is -2.94. The summed E-state index contributed by atoms with van der Waals surface area (Å²) in [7, 11) is 0. The summed E-state index contributed by atoms with van der Waals surface area (Å²) in [4.78, 5) is 7.67. The maximum Gasteiger partial charge on any atom is 0.421 e. The van der Waals surface area contributed by atoms with Crippen molar-refractivity contribution >= 4 is 11.5 Å². The van der Waals surface area contributed by atoms with Crippen molar-refractivity contribution in [1.82, 2.24) is 9.97 Å². The second-order valence-corrected chi connectivity index (χ2v) is 7.11. The summed E-state index contributed by atoms with van der Waals surface area (Å²) >= 11 is 0. The number of hydrogen-bond donors (Lipinski definition) is 1. The standard InChI is InChI=1S/C22H22F3N3O/c1-15(2)12-16-8-10-18(11-9-16)27-20-19(22(23,24)25)13-26-21(28-20)29-14-17-6-4-3-5-7-17/h3-11,13,15H,12,14H2,1-2H3,(H,26,27,28). The number of nitrogens with zero attached hydrogens (tertiary/aromatic N) is 2. The minimum Gasteiger partial charge on any atom is -0.459 e. The normalized spacial score (nSPS) is 11.5. The van der Waals surface area contributed by atoms with Crippen molar-refractivity contribution in [2.45, 2.75) is 33.1 Å². The summed E-state index contributed by atoms with van der Waals surface area (Å²) in [5.74, 6) is 0.156. The van der Waals surface area contributed by atoms with Gasteiger partial charge in [0.25, 0.3) is 0 Å². The van der Waals surface area contributed by atoms with Crippen LogP contribution in [0.3, 0.4) is 0 Å². The molecule has 1 heterocycles. The molecule has 152 valence electrons. The lowest BCUT2D eigenvalue weighted by Crippen LogP contribution is -2.12. The Labute approximate surface area is 167 Å². The van der Waals surface area contributed by atoms with Gasteiger partial charge in [-0.05, 0) is 35.6 Å². The molecule has 3 rings (SSSR count). The fourth-order valence-electron chi connectivity index (χ4n) is 2.79. The lowest BCUT2D eigenvalue weighted by atomic mass is 10.0. The van der Waals surface area contributed by atoms with Crippen LogP contribution in [-0.2, 0) is 19.2 Å². The van der Waals surface area contributed by atoms with Gasteiger partial charge in [0, 0.05) is 11.9 Å². The zero-order valence-corrected chi connectivity index (χ0v) is 16.2. The van der Waals surface area contributed by atoms with Crippen LogP contribution >= 0.6 is 0 Å². The first-order chi connectivity index (χ1) is 13.8. The first kappa shape index (κ1) is 20.6. The number of ether oxygens (including phenoxy) is 1. The number of halogens is 3. The number of benzene rings is 2. The first-order valence-electron chi connectivity index (χ1n) is 9.28. The molecule has 3 aromatic rings. The SMILES string of the molecule is CC(C)Cc1ccc(Nc2nc(OCc3ccccc3)ncc2C(F)(F)F)cc1. The van der Waals surface area contributed by atoms with Crippen LogP contribution in [0, 0.1) is 5.92 Å². The van der Waals surface area contributed by atoms with Gasteiger partial charge in [-0.3, -0.25) is 0 Å². The van der Waals surface area contributed by atoms with E-state index in [9.17, 15) is 13.2 Å². The largest absolute Gasteiger partial charge is 0.459 e. The summed E-state index contributed by atoms with van der Waals surface area (Å²) in [6, 6.07) is 16.4. The van der Waals surface area contributed by atoms with Crippen molar-refractivity contribution in [3.63, 3.8) is 0 Å². The first-order valence-corrected chi connectivity index (χ1v) is 9.28. The number of hydrogen-bond acceptors (Lipinski definition) is 4. The molecular formula is C22H22F3N3O. The van der Waals surface area contributed by atoms with E-state index in [0.717, 1.165) is 23.7 Å². The predicted octanol–water partition coefficient (Wildman–Crippen LogP) is 6.02. The Kier molecular flexibility index (Phi) is 6.36. The number of alkyl halides is 3. The minimum atomic E-state index is -4.59. The minimum absolute atomic E-state index is 0.124. The lowest BCUT2D eigenvalue weighted by molar-refractivity contribution is -0.137. The molecule has 0 amide bonds. The maximum atomic E-state index is 13.4. The summed E-state index contributed by atoms with van der Waals surface area (Å²) in [5, 5.41) is 2.75. The molecule has 0 bridgehead atoms. The zero-order chi connectivity index (χ0) is 20.9. The molecule has 0 aliphatic rings. The molecule has 0 saturated carbocycles. The van der Waals surface area contributed by atoms with Crippen molar-refractivity contribution in [1.29, 1.82) is 0 Å². The second-order valence-electron chi connectivity index (χ2n) is 7.11. The fourth-order valence-corrected chi connectivity index (χ4v) is 2.79. The van der Waals surface area contributed by atoms with E-state index in [2.05, 4.69) is 29.1 Å². The zero-order valence-electron chi connectivity index (χ0n) is 16.2. The van der Waals surface area contributed by atoms with Gasteiger partial charge in [0.05, 0.1) is 0 Å². The summed E-state index contributed by atoms with van der Waals surface area (Å²) in [5.41, 5.74) is 1.55. The average Bonchev–Trinajstić information content (AvgIpc) is 2.67. The maximum absolute atomic E-state index is 13.4. The highest BCUT2D eigenvalue weighted by atomic mass is 19.4. The van der Waals surface area contributed by atoms with E-state index in [-0.39, 0.29) is 18.4 Å². The molecule has 0 aliphatic heterocycles. The van der Waals surface area contributed by atoms with Gasteiger partial charge in [0.1, 0.15) is 18.0 Å². The van der Waals surface area contributed by atoms with Crippen LogP contribution in [0.4, 0.5) is 24.7 Å². The predicted molar refractivity (Wildman–Crippen MR) is 106 cm³/mol. The van der Waals surface area contributed by atoms with E-state index in [4.69, 9.17) is 4.74 Å². The van der Waals surface area contributed by atoms with E-state index in [1.54, 1.807) is 12.1 Å². The molecular weight excluding hydrogens is 379 g/mol. The van der Waals surface area contributed by atoms with Crippen molar-refractivity contribution in [3.8, 4) is 6.01 Å². The van der Waals surface area contributed by atoms with Gasteiger partial charge in [-0.25, -0.2) is 4.98 Å². The monoisotopic (exact) mass is 401 g/mol. The van der Waals surface area contributed by atoms with Gasteiger partial charge in [-0.15, -0.1) is 0 Å². The highest BCUT2D eigenvalue weighted by molar-refractivity contribution is 5.60. The Morgan fingerprint density at radius 1 is 0.966 bits per heavy atom. The smallest absolute Gasteiger partial charge is 0.421 e. The topological polar surface area (TPSA) is 47.0 Å². The van der Waals surface area contributed by atoms with E-state index in [1.807, 2.05) is 42.5 Å². The molecule has 0 saturated heterocycles. The van der Waals surface area contributed by atoms with Gasteiger partial charge in [-0.1, -0.05) is 56.3 Å². The van der Waals surface area contributed by atoms with Crippen LogP contribution in [0.15, 0.2) is 60.8 Å². The molecule has 2 aromatic carbocycles.